The molecule has 0 radical (unpaired) electrons. The van der Waals surface area contributed by atoms with E-state index in [1.54, 1.807) is 0 Å². The lowest BCUT2D eigenvalue weighted by Gasteiger charge is -2.20. The number of halogens is 5. The summed E-state index contributed by atoms with van der Waals surface area (Å²) < 4.78 is 52.1. The summed E-state index contributed by atoms with van der Waals surface area (Å²) >= 11 is 0. The summed E-state index contributed by atoms with van der Waals surface area (Å²) in [4.78, 5) is 6.23. The summed E-state index contributed by atoms with van der Waals surface area (Å²) in [6.45, 7) is 0.288. The fourth-order valence-electron chi connectivity index (χ4n) is 2.74. The smallest absolute Gasteiger partial charge is 0.370 e. The van der Waals surface area contributed by atoms with Crippen LogP contribution >= 0.6 is 24.0 Å². The average molecular weight is 457 g/mol. The number of hydrogen-bond acceptors (Lipinski definition) is 1. The van der Waals surface area contributed by atoms with Gasteiger partial charge in [0.2, 0.25) is 0 Å². The highest BCUT2D eigenvalue weighted by atomic mass is 127. The lowest BCUT2D eigenvalue weighted by atomic mass is 9.94. The van der Waals surface area contributed by atoms with E-state index in [2.05, 4.69) is 4.99 Å². The maximum Gasteiger partial charge on any atom is 0.416 e. The highest BCUT2D eigenvalue weighted by Crippen LogP contribution is 2.49. The van der Waals surface area contributed by atoms with Gasteiger partial charge in [0.05, 0.1) is 12.1 Å². The lowest BCUT2D eigenvalue weighted by molar-refractivity contribution is -0.137. The van der Waals surface area contributed by atoms with Crippen LogP contribution in [-0.2, 0) is 11.6 Å². The highest BCUT2D eigenvalue weighted by molar-refractivity contribution is 14.0. The summed E-state index contributed by atoms with van der Waals surface area (Å²) in [5.74, 6) is -0.473. The third-order valence-electron chi connectivity index (χ3n) is 4.69. The number of aliphatic imine (C=N–C) groups is 1. The molecule has 0 heterocycles. The predicted molar refractivity (Wildman–Crippen MR) is 95.0 cm³/mol. The molecule has 2 saturated carbocycles. The minimum atomic E-state index is -4.55. The van der Waals surface area contributed by atoms with Crippen molar-refractivity contribution in [3.8, 4) is 0 Å². The quantitative estimate of drug-likeness (QED) is 0.323. The van der Waals surface area contributed by atoms with Gasteiger partial charge >= 0.3 is 6.18 Å². The zero-order valence-electron chi connectivity index (χ0n) is 13.2. The first-order valence-corrected chi connectivity index (χ1v) is 7.62. The van der Waals surface area contributed by atoms with Crippen molar-refractivity contribution in [1.82, 2.24) is 4.90 Å². The van der Waals surface area contributed by atoms with Crippen molar-refractivity contribution in [3.63, 3.8) is 0 Å². The van der Waals surface area contributed by atoms with Crippen LogP contribution in [-0.4, -0.2) is 30.5 Å². The Labute approximate surface area is 155 Å². The minimum absolute atomic E-state index is 0. The van der Waals surface area contributed by atoms with Crippen LogP contribution in [0.15, 0.2) is 23.2 Å². The van der Waals surface area contributed by atoms with E-state index >= 15 is 0 Å². The normalized spacial score (nSPS) is 19.6. The van der Waals surface area contributed by atoms with Gasteiger partial charge in [-0.1, -0.05) is 0 Å². The summed E-state index contributed by atoms with van der Waals surface area (Å²) in [6.07, 6.45) is -1.01. The fourth-order valence-corrected chi connectivity index (χ4v) is 2.74. The molecular weight excluding hydrogens is 437 g/mol. The Morgan fingerprint density at radius 3 is 2.42 bits per heavy atom. The van der Waals surface area contributed by atoms with Crippen LogP contribution in [0.25, 0.3) is 0 Å². The van der Waals surface area contributed by atoms with Gasteiger partial charge in [-0.3, -0.25) is 4.99 Å². The zero-order chi connectivity index (χ0) is 16.8. The third-order valence-corrected chi connectivity index (χ3v) is 4.69. The largest absolute Gasteiger partial charge is 0.416 e. The number of nitrogens with zero attached hydrogens (tertiary/aromatic N) is 2. The molecule has 2 aliphatic carbocycles. The number of guanidine groups is 1. The highest BCUT2D eigenvalue weighted by Gasteiger charge is 2.46. The van der Waals surface area contributed by atoms with Crippen molar-refractivity contribution in [3.05, 3.63) is 35.1 Å². The Morgan fingerprint density at radius 1 is 1.29 bits per heavy atom. The van der Waals surface area contributed by atoms with Gasteiger partial charge in [0.15, 0.2) is 5.96 Å². The maximum atomic E-state index is 13.6. The Bertz CT molecular complexity index is 637. The molecule has 0 unspecified atom stereocenters. The summed E-state index contributed by atoms with van der Waals surface area (Å²) in [5, 5.41) is 0. The number of rotatable bonds is 4. The van der Waals surface area contributed by atoms with Gasteiger partial charge in [-0.25, -0.2) is 4.39 Å². The molecule has 0 atom stereocenters. The van der Waals surface area contributed by atoms with Crippen molar-refractivity contribution in [2.24, 2.45) is 10.7 Å². The molecule has 0 amide bonds. The van der Waals surface area contributed by atoms with Crippen LogP contribution in [0.2, 0.25) is 0 Å². The van der Waals surface area contributed by atoms with E-state index < -0.39 is 23.0 Å². The summed E-state index contributed by atoms with van der Waals surface area (Å²) in [5.41, 5.74) is 4.81. The molecule has 3 nitrogen and oxygen atoms in total. The Morgan fingerprint density at radius 2 is 1.92 bits per heavy atom. The topological polar surface area (TPSA) is 41.6 Å². The summed E-state index contributed by atoms with van der Waals surface area (Å²) in [6, 6.07) is 3.16. The van der Waals surface area contributed by atoms with Gasteiger partial charge in [0, 0.05) is 18.5 Å². The second kappa shape index (κ2) is 6.68. The standard InChI is InChI=1S/C16H19F4N3.HI/c1-23(13-2-3-13)14(21)22-9-15(4-5-15)10-6-11(16(18,19)20)8-12(17)7-10;/h6-8,13H,2-5,9H2,1H3,(H2,21,22);1H. The van der Waals surface area contributed by atoms with Crippen LogP contribution in [0.4, 0.5) is 17.6 Å². The molecule has 0 saturated heterocycles. The van der Waals surface area contributed by atoms with Crippen LogP contribution in [0, 0.1) is 5.82 Å². The molecule has 1 aromatic carbocycles. The molecule has 2 aliphatic rings. The average Bonchev–Trinajstić information content (AvgIpc) is 3.37. The lowest BCUT2D eigenvalue weighted by Crippen LogP contribution is -2.36. The van der Waals surface area contributed by atoms with E-state index in [0.717, 1.165) is 18.9 Å². The summed E-state index contributed by atoms with van der Waals surface area (Å²) in [7, 11) is 1.86. The first-order valence-electron chi connectivity index (χ1n) is 7.62. The van der Waals surface area contributed by atoms with E-state index in [1.807, 2.05) is 11.9 Å². The number of alkyl halides is 3. The van der Waals surface area contributed by atoms with E-state index in [9.17, 15) is 17.6 Å². The SMILES string of the molecule is CN(C(N)=NCC1(c2cc(F)cc(C(F)(F)F)c2)CC1)C1CC1.I. The third kappa shape index (κ3) is 4.12. The molecule has 2 N–H and O–H groups in total. The molecule has 8 heteroatoms. The monoisotopic (exact) mass is 457 g/mol. The number of benzene rings is 1. The molecule has 134 valence electrons. The van der Waals surface area contributed by atoms with Gasteiger partial charge in [0.1, 0.15) is 5.82 Å². The molecule has 0 aromatic heterocycles. The number of nitrogens with two attached hydrogens (primary N) is 1. The minimum Gasteiger partial charge on any atom is -0.370 e. The van der Waals surface area contributed by atoms with Crippen molar-refractivity contribution < 1.29 is 17.6 Å². The van der Waals surface area contributed by atoms with Crippen molar-refractivity contribution in [2.75, 3.05) is 13.6 Å². The maximum absolute atomic E-state index is 13.6. The Kier molecular flexibility index (Phi) is 5.37. The zero-order valence-corrected chi connectivity index (χ0v) is 15.6. The predicted octanol–water partition coefficient (Wildman–Crippen LogP) is 3.90. The molecule has 2 fully saturated rings. The van der Waals surface area contributed by atoms with Crippen molar-refractivity contribution in [2.45, 2.75) is 43.3 Å². The molecule has 1 aromatic rings. The first kappa shape index (κ1) is 19.3. The molecule has 0 bridgehead atoms. The Hall–Kier alpha value is -1.06. The van der Waals surface area contributed by atoms with Crippen LogP contribution in [0.1, 0.15) is 36.8 Å². The van der Waals surface area contributed by atoms with Gasteiger partial charge in [-0.2, -0.15) is 13.2 Å². The van der Waals surface area contributed by atoms with E-state index in [1.165, 1.54) is 6.07 Å². The van der Waals surface area contributed by atoms with Crippen LogP contribution in [0.5, 0.6) is 0 Å². The van der Waals surface area contributed by atoms with Crippen molar-refractivity contribution >= 4 is 29.9 Å². The molecule has 3 rings (SSSR count). The molecule has 24 heavy (non-hydrogen) atoms. The second-order valence-corrected chi connectivity index (χ2v) is 6.52. The van der Waals surface area contributed by atoms with Gasteiger partial charge in [-0.05, 0) is 49.4 Å². The Balaban J connectivity index is 0.00000208. The second-order valence-electron chi connectivity index (χ2n) is 6.52. The first-order chi connectivity index (χ1) is 10.7. The molecule has 0 spiro atoms. The van der Waals surface area contributed by atoms with Gasteiger partial charge in [-0.15, -0.1) is 24.0 Å². The van der Waals surface area contributed by atoms with Crippen LogP contribution in [0.3, 0.4) is 0 Å². The van der Waals surface area contributed by atoms with Gasteiger partial charge < -0.3 is 10.6 Å². The van der Waals surface area contributed by atoms with Crippen LogP contribution < -0.4 is 5.73 Å². The fraction of sp³-hybridized carbons (Fsp3) is 0.562. The van der Waals surface area contributed by atoms with E-state index in [0.29, 0.717) is 36.5 Å². The molecule has 0 aliphatic heterocycles. The van der Waals surface area contributed by atoms with Crippen molar-refractivity contribution in [1.29, 1.82) is 0 Å². The van der Waals surface area contributed by atoms with E-state index in [4.69, 9.17) is 5.73 Å². The van der Waals surface area contributed by atoms with Gasteiger partial charge in [0.25, 0.3) is 0 Å². The molecular formula is C16H20F4IN3. The number of hydrogen-bond donors (Lipinski definition) is 1. The van der Waals surface area contributed by atoms with E-state index in [-0.39, 0.29) is 30.5 Å².